The summed E-state index contributed by atoms with van der Waals surface area (Å²) in [5, 5.41) is 4.80. The minimum atomic E-state index is -0.235. The van der Waals surface area contributed by atoms with Gasteiger partial charge in [0.05, 0.1) is 12.0 Å². The molecule has 124 valence electrons. The number of aliphatic imine (C=N–C) groups is 1. The van der Waals surface area contributed by atoms with Gasteiger partial charge in [-0.1, -0.05) is 24.3 Å². The lowest BCUT2D eigenvalue weighted by Crippen LogP contribution is -2.04. The number of carbonyl (C=O) groups excluding carboxylic acids is 1. The number of thioether (sulfide) groups is 1. The number of para-hydroxylation sites is 1. The third-order valence-corrected chi connectivity index (χ3v) is 4.75. The average Bonchev–Trinajstić information content (AvgIpc) is 3.19. The first-order valence-electron chi connectivity index (χ1n) is 7.73. The fourth-order valence-corrected chi connectivity index (χ4v) is 3.47. The summed E-state index contributed by atoms with van der Waals surface area (Å²) >= 11 is 1.33. The summed E-state index contributed by atoms with van der Waals surface area (Å²) in [5.74, 6) is 0.509. The molecule has 1 amide bonds. The molecule has 0 unspecified atom stereocenters. The number of H-pyrrole nitrogens is 1. The van der Waals surface area contributed by atoms with E-state index in [0.717, 1.165) is 27.9 Å². The van der Waals surface area contributed by atoms with Gasteiger partial charge in [0.25, 0.3) is 5.91 Å². The number of rotatable bonds is 3. The van der Waals surface area contributed by atoms with Gasteiger partial charge in [0.2, 0.25) is 0 Å². The molecule has 1 aromatic heterocycles. The maximum atomic E-state index is 12.2. The molecular formula is C19H15N3O2S. The van der Waals surface area contributed by atoms with E-state index < -0.39 is 0 Å². The van der Waals surface area contributed by atoms with Gasteiger partial charge in [-0.15, -0.1) is 0 Å². The van der Waals surface area contributed by atoms with E-state index in [-0.39, 0.29) is 5.91 Å². The summed E-state index contributed by atoms with van der Waals surface area (Å²) in [4.78, 5) is 20.1. The Balaban J connectivity index is 1.55. The zero-order chi connectivity index (χ0) is 17.2. The average molecular weight is 349 g/mol. The zero-order valence-electron chi connectivity index (χ0n) is 13.4. The molecule has 2 N–H and O–H groups in total. The van der Waals surface area contributed by atoms with Crippen LogP contribution >= 0.6 is 11.8 Å². The Morgan fingerprint density at radius 2 is 2.08 bits per heavy atom. The van der Waals surface area contributed by atoms with Crippen LogP contribution in [-0.2, 0) is 4.79 Å². The van der Waals surface area contributed by atoms with Crippen molar-refractivity contribution in [1.29, 1.82) is 0 Å². The largest absolute Gasteiger partial charge is 0.497 e. The Bertz CT molecular complexity index is 1020. The Morgan fingerprint density at radius 3 is 2.96 bits per heavy atom. The van der Waals surface area contributed by atoms with E-state index in [9.17, 15) is 4.79 Å². The zero-order valence-corrected chi connectivity index (χ0v) is 14.3. The third kappa shape index (κ3) is 3.16. The smallest absolute Gasteiger partial charge is 0.286 e. The van der Waals surface area contributed by atoms with Crippen molar-refractivity contribution in [3.8, 4) is 5.75 Å². The summed E-state index contributed by atoms with van der Waals surface area (Å²) < 4.78 is 5.20. The molecule has 4 rings (SSSR count). The van der Waals surface area contributed by atoms with Crippen molar-refractivity contribution in [2.45, 2.75) is 0 Å². The number of methoxy groups -OCH3 is 1. The van der Waals surface area contributed by atoms with Crippen LogP contribution in [0.2, 0.25) is 0 Å². The number of benzene rings is 2. The van der Waals surface area contributed by atoms with Gasteiger partial charge in [-0.05, 0) is 36.0 Å². The first-order valence-corrected chi connectivity index (χ1v) is 8.54. The van der Waals surface area contributed by atoms with Crippen LogP contribution in [0.15, 0.2) is 64.6 Å². The van der Waals surface area contributed by atoms with Crippen molar-refractivity contribution in [3.63, 3.8) is 0 Å². The van der Waals surface area contributed by atoms with E-state index in [1.165, 1.54) is 11.8 Å². The van der Waals surface area contributed by atoms with E-state index in [0.29, 0.717) is 10.1 Å². The van der Waals surface area contributed by atoms with E-state index in [4.69, 9.17) is 4.74 Å². The SMILES string of the molecule is COc1cccc(NC2=NC(=O)/C(=C/c3c[nH]c4ccccc34)S2)c1. The number of nitrogens with one attached hydrogen (secondary N) is 2. The number of nitrogens with zero attached hydrogens (tertiary/aromatic N) is 1. The van der Waals surface area contributed by atoms with Gasteiger partial charge in [0, 0.05) is 34.4 Å². The molecule has 0 spiro atoms. The number of aromatic nitrogens is 1. The Hall–Kier alpha value is -2.99. The van der Waals surface area contributed by atoms with Crippen molar-refractivity contribution in [1.82, 2.24) is 4.98 Å². The quantitative estimate of drug-likeness (QED) is 0.694. The predicted octanol–water partition coefficient (Wildman–Crippen LogP) is 4.26. The van der Waals surface area contributed by atoms with Gasteiger partial charge in [0.15, 0.2) is 5.17 Å². The van der Waals surface area contributed by atoms with Crippen LogP contribution < -0.4 is 10.1 Å². The first kappa shape index (κ1) is 15.5. The minimum Gasteiger partial charge on any atom is -0.497 e. The maximum Gasteiger partial charge on any atom is 0.286 e. The molecule has 0 fully saturated rings. The molecule has 0 saturated heterocycles. The second kappa shape index (κ2) is 6.49. The highest BCUT2D eigenvalue weighted by Gasteiger charge is 2.22. The number of anilines is 1. The maximum absolute atomic E-state index is 12.2. The van der Waals surface area contributed by atoms with Crippen molar-refractivity contribution in [3.05, 3.63) is 65.2 Å². The molecule has 0 aliphatic carbocycles. The molecule has 0 saturated carbocycles. The molecular weight excluding hydrogens is 334 g/mol. The molecule has 1 aliphatic heterocycles. The molecule has 6 heteroatoms. The van der Waals surface area contributed by atoms with Crippen molar-refractivity contribution >= 4 is 45.5 Å². The highest BCUT2D eigenvalue weighted by atomic mass is 32.2. The molecule has 2 aromatic carbocycles. The Morgan fingerprint density at radius 1 is 1.20 bits per heavy atom. The fourth-order valence-electron chi connectivity index (χ4n) is 2.64. The predicted molar refractivity (Wildman–Crippen MR) is 103 cm³/mol. The topological polar surface area (TPSA) is 66.5 Å². The van der Waals surface area contributed by atoms with Crippen LogP contribution in [0.3, 0.4) is 0 Å². The number of amides is 1. The summed E-state index contributed by atoms with van der Waals surface area (Å²) in [6, 6.07) is 15.5. The lowest BCUT2D eigenvalue weighted by atomic mass is 10.1. The number of aromatic amines is 1. The summed E-state index contributed by atoms with van der Waals surface area (Å²) in [7, 11) is 1.62. The number of hydrogen-bond acceptors (Lipinski definition) is 4. The van der Waals surface area contributed by atoms with Gasteiger partial charge in [-0.3, -0.25) is 4.79 Å². The van der Waals surface area contributed by atoms with E-state index in [1.54, 1.807) is 7.11 Å². The van der Waals surface area contributed by atoms with E-state index in [2.05, 4.69) is 15.3 Å². The van der Waals surface area contributed by atoms with Gasteiger partial charge in [-0.25, -0.2) is 0 Å². The van der Waals surface area contributed by atoms with Crippen LogP contribution in [0.25, 0.3) is 17.0 Å². The van der Waals surface area contributed by atoms with E-state index >= 15 is 0 Å². The first-order chi connectivity index (χ1) is 12.2. The standard InChI is InChI=1S/C19H15N3O2S/c1-24-14-6-4-5-13(10-14)21-19-22-18(23)17(25-19)9-12-11-20-16-8-3-2-7-15(12)16/h2-11,20H,1H3,(H,21,22,23)/b17-9-. The number of amidine groups is 1. The van der Waals surface area contributed by atoms with Crippen molar-refractivity contribution < 1.29 is 9.53 Å². The number of carbonyl (C=O) groups is 1. The van der Waals surface area contributed by atoms with Crippen molar-refractivity contribution in [2.75, 3.05) is 12.4 Å². The van der Waals surface area contributed by atoms with Gasteiger partial charge < -0.3 is 15.0 Å². The van der Waals surface area contributed by atoms with Crippen LogP contribution in [0.4, 0.5) is 5.69 Å². The normalized spacial score (nSPS) is 15.6. The Labute approximate surface area is 148 Å². The number of hydrogen-bond donors (Lipinski definition) is 2. The van der Waals surface area contributed by atoms with Crippen molar-refractivity contribution in [2.24, 2.45) is 4.99 Å². The third-order valence-electron chi connectivity index (χ3n) is 3.85. The molecule has 0 bridgehead atoms. The lowest BCUT2D eigenvalue weighted by molar-refractivity contribution is -0.113. The summed E-state index contributed by atoms with van der Waals surface area (Å²) in [6.45, 7) is 0. The monoisotopic (exact) mass is 349 g/mol. The second-order valence-corrected chi connectivity index (χ2v) is 6.51. The molecule has 0 atom stereocenters. The molecule has 1 aliphatic rings. The molecule has 3 aromatic rings. The number of fused-ring (bicyclic) bond motifs is 1. The van der Waals surface area contributed by atoms with Crippen LogP contribution in [-0.4, -0.2) is 23.2 Å². The van der Waals surface area contributed by atoms with Crippen LogP contribution in [0.5, 0.6) is 5.75 Å². The van der Waals surface area contributed by atoms with Gasteiger partial charge in [-0.2, -0.15) is 4.99 Å². The molecule has 5 nitrogen and oxygen atoms in total. The summed E-state index contributed by atoms with van der Waals surface area (Å²) in [6.07, 6.45) is 3.77. The van der Waals surface area contributed by atoms with E-state index in [1.807, 2.05) is 60.8 Å². The summed E-state index contributed by atoms with van der Waals surface area (Å²) in [5.41, 5.74) is 2.84. The number of ether oxygens (including phenoxy) is 1. The van der Waals surface area contributed by atoms with Gasteiger partial charge in [0.1, 0.15) is 5.75 Å². The fraction of sp³-hybridized carbons (Fsp3) is 0.0526. The minimum absolute atomic E-state index is 0.235. The second-order valence-electron chi connectivity index (χ2n) is 5.48. The van der Waals surface area contributed by atoms with Crippen LogP contribution in [0, 0.1) is 0 Å². The highest BCUT2D eigenvalue weighted by molar-refractivity contribution is 8.18. The molecule has 2 heterocycles. The molecule has 25 heavy (non-hydrogen) atoms. The van der Waals surface area contributed by atoms with Gasteiger partial charge >= 0.3 is 0 Å². The Kier molecular flexibility index (Phi) is 4.03. The highest BCUT2D eigenvalue weighted by Crippen LogP contribution is 2.31. The molecule has 0 radical (unpaired) electrons. The van der Waals surface area contributed by atoms with Crippen LogP contribution in [0.1, 0.15) is 5.56 Å². The lowest BCUT2D eigenvalue weighted by Gasteiger charge is -2.06.